The molecule has 0 fully saturated rings. The van der Waals surface area contributed by atoms with Gasteiger partial charge in [-0.1, -0.05) is 6.07 Å². The standard InChI is InChI=1S/C11H13BrN2O4/c1-18-8(5-13)10(15)14-9-6(11(16)17)3-2-4-7(9)12/h2-4,8H,5,13H2,1H3,(H,14,15)(H,16,17). The van der Waals surface area contributed by atoms with Crippen LogP contribution in [0.4, 0.5) is 5.69 Å². The van der Waals surface area contributed by atoms with Crippen LogP contribution in [0.3, 0.4) is 0 Å². The van der Waals surface area contributed by atoms with E-state index in [2.05, 4.69) is 21.2 Å². The molecule has 1 aromatic carbocycles. The minimum atomic E-state index is -1.13. The first-order chi connectivity index (χ1) is 8.51. The summed E-state index contributed by atoms with van der Waals surface area (Å²) in [4.78, 5) is 22.8. The number of carboxylic acids is 1. The van der Waals surface area contributed by atoms with Gasteiger partial charge >= 0.3 is 5.97 Å². The van der Waals surface area contributed by atoms with Gasteiger partial charge in [0.25, 0.3) is 5.91 Å². The number of halogens is 1. The molecule has 0 aromatic heterocycles. The average molecular weight is 317 g/mol. The molecule has 0 aliphatic rings. The van der Waals surface area contributed by atoms with Crippen LogP contribution in [0.5, 0.6) is 0 Å². The van der Waals surface area contributed by atoms with Crippen molar-refractivity contribution < 1.29 is 19.4 Å². The van der Waals surface area contributed by atoms with Crippen LogP contribution in [0, 0.1) is 0 Å². The Hall–Kier alpha value is -1.44. The number of methoxy groups -OCH3 is 1. The van der Waals surface area contributed by atoms with Gasteiger partial charge < -0.3 is 20.9 Å². The first-order valence-corrected chi connectivity index (χ1v) is 5.86. The van der Waals surface area contributed by atoms with Crippen molar-refractivity contribution in [3.63, 3.8) is 0 Å². The maximum atomic E-state index is 11.8. The first kappa shape index (κ1) is 14.6. The monoisotopic (exact) mass is 316 g/mol. The lowest BCUT2D eigenvalue weighted by Crippen LogP contribution is -2.36. The molecule has 0 aliphatic carbocycles. The molecule has 0 spiro atoms. The predicted molar refractivity (Wildman–Crippen MR) is 69.6 cm³/mol. The second-order valence-corrected chi connectivity index (χ2v) is 4.27. The van der Waals surface area contributed by atoms with Gasteiger partial charge in [0.15, 0.2) is 0 Å². The maximum absolute atomic E-state index is 11.8. The Bertz CT molecular complexity index is 460. The molecule has 1 amide bonds. The van der Waals surface area contributed by atoms with E-state index in [0.29, 0.717) is 4.47 Å². The van der Waals surface area contributed by atoms with Crippen molar-refractivity contribution in [1.29, 1.82) is 0 Å². The normalized spacial score (nSPS) is 11.9. The summed E-state index contributed by atoms with van der Waals surface area (Å²) in [5.74, 6) is -1.62. The highest BCUT2D eigenvalue weighted by Gasteiger charge is 2.20. The molecule has 7 heteroatoms. The lowest BCUT2D eigenvalue weighted by molar-refractivity contribution is -0.125. The fourth-order valence-electron chi connectivity index (χ4n) is 1.34. The highest BCUT2D eigenvalue weighted by atomic mass is 79.9. The largest absolute Gasteiger partial charge is 0.478 e. The molecule has 98 valence electrons. The number of rotatable bonds is 5. The number of para-hydroxylation sites is 1. The zero-order chi connectivity index (χ0) is 13.7. The Labute approximate surface area is 112 Å². The number of carboxylic acid groups (broad SMARTS) is 1. The molecule has 0 saturated carbocycles. The molecule has 1 unspecified atom stereocenters. The Morgan fingerprint density at radius 1 is 1.56 bits per heavy atom. The van der Waals surface area contributed by atoms with E-state index in [-0.39, 0.29) is 17.8 Å². The quantitative estimate of drug-likeness (QED) is 0.754. The number of ether oxygens (including phenoxy) is 1. The molecular weight excluding hydrogens is 304 g/mol. The molecular formula is C11H13BrN2O4. The molecule has 4 N–H and O–H groups in total. The van der Waals surface area contributed by atoms with E-state index in [1.807, 2.05) is 0 Å². The van der Waals surface area contributed by atoms with Gasteiger partial charge in [-0.3, -0.25) is 4.79 Å². The Kier molecular flexibility index (Phi) is 5.26. The lowest BCUT2D eigenvalue weighted by atomic mass is 10.1. The van der Waals surface area contributed by atoms with Gasteiger partial charge in [-0.05, 0) is 28.1 Å². The van der Waals surface area contributed by atoms with Crippen molar-refractivity contribution in [2.75, 3.05) is 19.0 Å². The summed E-state index contributed by atoms with van der Waals surface area (Å²) >= 11 is 3.19. The average Bonchev–Trinajstić information content (AvgIpc) is 2.33. The number of nitrogens with two attached hydrogens (primary N) is 1. The second-order valence-electron chi connectivity index (χ2n) is 3.42. The first-order valence-electron chi connectivity index (χ1n) is 5.06. The van der Waals surface area contributed by atoms with Crippen LogP contribution >= 0.6 is 15.9 Å². The van der Waals surface area contributed by atoms with Crippen LogP contribution < -0.4 is 11.1 Å². The summed E-state index contributed by atoms with van der Waals surface area (Å²) in [6, 6.07) is 4.60. The summed E-state index contributed by atoms with van der Waals surface area (Å²) in [6.07, 6.45) is -0.821. The van der Waals surface area contributed by atoms with Gasteiger partial charge in [0.05, 0.1) is 11.3 Å². The fourth-order valence-corrected chi connectivity index (χ4v) is 1.81. The van der Waals surface area contributed by atoms with E-state index in [4.69, 9.17) is 15.6 Å². The van der Waals surface area contributed by atoms with Gasteiger partial charge in [-0.25, -0.2) is 4.79 Å². The summed E-state index contributed by atoms with van der Waals surface area (Å²) in [6.45, 7) is 0.00912. The second kappa shape index (κ2) is 6.48. The number of hydrogen-bond acceptors (Lipinski definition) is 4. The Morgan fingerprint density at radius 2 is 2.22 bits per heavy atom. The maximum Gasteiger partial charge on any atom is 0.337 e. The van der Waals surface area contributed by atoms with E-state index >= 15 is 0 Å². The van der Waals surface area contributed by atoms with Gasteiger partial charge in [0.1, 0.15) is 6.10 Å². The van der Waals surface area contributed by atoms with E-state index in [0.717, 1.165) is 0 Å². The fraction of sp³-hybridized carbons (Fsp3) is 0.273. The smallest absolute Gasteiger partial charge is 0.337 e. The third kappa shape index (κ3) is 3.28. The highest BCUT2D eigenvalue weighted by Crippen LogP contribution is 2.26. The topological polar surface area (TPSA) is 102 Å². The minimum absolute atomic E-state index is 0.00912. The van der Waals surface area contributed by atoms with Crippen LogP contribution in [0.2, 0.25) is 0 Å². The minimum Gasteiger partial charge on any atom is -0.478 e. The van der Waals surface area contributed by atoms with E-state index in [9.17, 15) is 9.59 Å². The van der Waals surface area contributed by atoms with Crippen molar-refractivity contribution in [2.24, 2.45) is 5.73 Å². The molecule has 0 aliphatic heterocycles. The number of amides is 1. The van der Waals surface area contributed by atoms with Crippen molar-refractivity contribution in [2.45, 2.75) is 6.10 Å². The van der Waals surface area contributed by atoms with Crippen molar-refractivity contribution in [1.82, 2.24) is 0 Å². The molecule has 18 heavy (non-hydrogen) atoms. The number of carbonyl (C=O) groups is 2. The molecule has 6 nitrogen and oxygen atoms in total. The third-order valence-corrected chi connectivity index (χ3v) is 2.94. The SMILES string of the molecule is COC(CN)C(=O)Nc1c(Br)cccc1C(=O)O. The zero-order valence-electron chi connectivity index (χ0n) is 9.64. The van der Waals surface area contributed by atoms with E-state index in [1.54, 1.807) is 12.1 Å². The number of aromatic carboxylic acids is 1. The molecule has 0 heterocycles. The Morgan fingerprint density at radius 3 is 2.72 bits per heavy atom. The molecule has 0 bridgehead atoms. The van der Waals surface area contributed by atoms with Gasteiger partial charge in [-0.2, -0.15) is 0 Å². The molecule has 0 radical (unpaired) electrons. The number of benzene rings is 1. The number of nitrogens with one attached hydrogen (secondary N) is 1. The summed E-state index contributed by atoms with van der Waals surface area (Å²) in [7, 11) is 1.36. The zero-order valence-corrected chi connectivity index (χ0v) is 11.2. The summed E-state index contributed by atoms with van der Waals surface area (Å²) in [5.41, 5.74) is 5.54. The van der Waals surface area contributed by atoms with Crippen molar-refractivity contribution in [3.8, 4) is 0 Å². The molecule has 1 aromatic rings. The molecule has 1 rings (SSSR count). The van der Waals surface area contributed by atoms with Crippen LogP contribution in [0.15, 0.2) is 22.7 Å². The lowest BCUT2D eigenvalue weighted by Gasteiger charge is -2.15. The molecule has 1 atom stereocenters. The van der Waals surface area contributed by atoms with E-state index < -0.39 is 18.0 Å². The van der Waals surface area contributed by atoms with Crippen molar-refractivity contribution in [3.05, 3.63) is 28.2 Å². The predicted octanol–water partition coefficient (Wildman–Crippen LogP) is 1.06. The number of hydrogen-bond donors (Lipinski definition) is 3. The number of anilines is 1. The highest BCUT2D eigenvalue weighted by molar-refractivity contribution is 9.10. The van der Waals surface area contributed by atoms with Crippen molar-refractivity contribution >= 4 is 33.5 Å². The Balaban J connectivity index is 3.03. The van der Waals surface area contributed by atoms with Gasteiger partial charge in [0.2, 0.25) is 0 Å². The summed E-state index contributed by atoms with van der Waals surface area (Å²) < 4.78 is 5.35. The van der Waals surface area contributed by atoms with Crippen LogP contribution in [0.1, 0.15) is 10.4 Å². The van der Waals surface area contributed by atoms with Gasteiger partial charge in [0, 0.05) is 18.1 Å². The van der Waals surface area contributed by atoms with Crippen LogP contribution in [-0.4, -0.2) is 36.7 Å². The van der Waals surface area contributed by atoms with Crippen LogP contribution in [0.25, 0.3) is 0 Å². The summed E-state index contributed by atoms with van der Waals surface area (Å²) in [5, 5.41) is 11.5. The van der Waals surface area contributed by atoms with E-state index in [1.165, 1.54) is 13.2 Å². The van der Waals surface area contributed by atoms with Crippen LogP contribution in [-0.2, 0) is 9.53 Å². The van der Waals surface area contributed by atoms with Gasteiger partial charge in [-0.15, -0.1) is 0 Å². The third-order valence-electron chi connectivity index (χ3n) is 2.28. The molecule has 0 saturated heterocycles. The number of carbonyl (C=O) groups excluding carboxylic acids is 1.